The Morgan fingerprint density at radius 1 is 1.10 bits per heavy atom. The molecule has 0 spiro atoms. The summed E-state index contributed by atoms with van der Waals surface area (Å²) in [6, 6.07) is 10.00. The molecule has 1 heterocycles. The maximum atomic E-state index is 11.2. The Morgan fingerprint density at radius 2 is 1.80 bits per heavy atom. The normalized spacial score (nSPS) is 11.5. The summed E-state index contributed by atoms with van der Waals surface area (Å²) < 4.78 is 44.1. The molecule has 0 unspecified atom stereocenters. The third-order valence-electron chi connectivity index (χ3n) is 2.93. The Hall–Kier alpha value is -0.414. The summed E-state index contributed by atoms with van der Waals surface area (Å²) >= 11 is 0. The van der Waals surface area contributed by atoms with Gasteiger partial charge < -0.3 is 13.7 Å². The second-order valence-corrected chi connectivity index (χ2v) is 5.40. The number of furan rings is 1. The Bertz CT molecular complexity index is 882. The Balaban J connectivity index is 0.00000147. The first-order valence-electron chi connectivity index (χ1n) is 5.46. The summed E-state index contributed by atoms with van der Waals surface area (Å²) in [5, 5.41) is 1.55. The van der Waals surface area contributed by atoms with Crippen LogP contribution in [-0.2, 0) is 10.1 Å². The molecular formula is C13H9KO5S. The first-order chi connectivity index (χ1) is 9.00. The van der Waals surface area contributed by atoms with Crippen LogP contribution in [0, 0.1) is 0 Å². The van der Waals surface area contributed by atoms with Crippen LogP contribution in [0.25, 0.3) is 21.9 Å². The average molecular weight is 316 g/mol. The van der Waals surface area contributed by atoms with E-state index in [9.17, 15) is 13.0 Å². The van der Waals surface area contributed by atoms with E-state index in [-0.39, 0.29) is 57.1 Å². The van der Waals surface area contributed by atoms with E-state index in [0.29, 0.717) is 16.6 Å². The predicted molar refractivity (Wildman–Crippen MR) is 68.2 cm³/mol. The van der Waals surface area contributed by atoms with Crippen molar-refractivity contribution < 1.29 is 73.5 Å². The van der Waals surface area contributed by atoms with Gasteiger partial charge in [-0.1, -0.05) is 18.2 Å². The van der Waals surface area contributed by atoms with Crippen LogP contribution in [0.3, 0.4) is 0 Å². The van der Waals surface area contributed by atoms with Crippen LogP contribution >= 0.6 is 0 Å². The summed E-state index contributed by atoms with van der Waals surface area (Å²) in [4.78, 5) is -0.415. The number of fused-ring (bicyclic) bond motifs is 3. The van der Waals surface area contributed by atoms with E-state index in [1.54, 1.807) is 6.07 Å². The van der Waals surface area contributed by atoms with E-state index in [2.05, 4.69) is 0 Å². The van der Waals surface area contributed by atoms with E-state index in [0.717, 1.165) is 5.39 Å². The minimum absolute atomic E-state index is 0. The molecule has 0 atom stereocenters. The van der Waals surface area contributed by atoms with Gasteiger partial charge in [0.1, 0.15) is 31.9 Å². The van der Waals surface area contributed by atoms with E-state index in [1.807, 2.05) is 18.2 Å². The second-order valence-electron chi connectivity index (χ2n) is 4.05. The summed E-state index contributed by atoms with van der Waals surface area (Å²) in [5.74, 6) is 0.0223. The van der Waals surface area contributed by atoms with Gasteiger partial charge >= 0.3 is 51.4 Å². The molecule has 0 amide bonds. The van der Waals surface area contributed by atoms with Crippen molar-refractivity contribution >= 4 is 32.1 Å². The maximum Gasteiger partial charge on any atom is 1.00 e. The SMILES string of the molecule is COc1cc2c(cc1S(=O)(=O)[O-])oc1ccccc12.[K+]. The molecule has 0 N–H and O–H groups in total. The van der Waals surface area contributed by atoms with Crippen LogP contribution in [-0.4, -0.2) is 20.1 Å². The number of rotatable bonds is 2. The fourth-order valence-electron chi connectivity index (χ4n) is 2.09. The number of hydrogen-bond acceptors (Lipinski definition) is 5. The molecule has 0 radical (unpaired) electrons. The first-order valence-corrected chi connectivity index (χ1v) is 6.87. The van der Waals surface area contributed by atoms with Crippen LogP contribution < -0.4 is 56.1 Å². The molecule has 0 bridgehead atoms. The topological polar surface area (TPSA) is 79.6 Å². The van der Waals surface area contributed by atoms with Gasteiger partial charge in [0.05, 0.1) is 7.11 Å². The summed E-state index contributed by atoms with van der Waals surface area (Å²) in [6.07, 6.45) is 0. The van der Waals surface area contributed by atoms with Gasteiger partial charge in [-0.3, -0.25) is 0 Å². The number of benzene rings is 2. The molecule has 0 aliphatic rings. The van der Waals surface area contributed by atoms with E-state index in [4.69, 9.17) is 9.15 Å². The van der Waals surface area contributed by atoms with Crippen LogP contribution in [0.4, 0.5) is 0 Å². The summed E-state index contributed by atoms with van der Waals surface area (Å²) in [5.41, 5.74) is 0.969. The fourth-order valence-corrected chi connectivity index (χ4v) is 2.73. The number of methoxy groups -OCH3 is 1. The monoisotopic (exact) mass is 316 g/mol. The molecule has 5 nitrogen and oxygen atoms in total. The van der Waals surface area contributed by atoms with Gasteiger partial charge in [0.15, 0.2) is 0 Å². The molecule has 0 aliphatic heterocycles. The number of hydrogen-bond donors (Lipinski definition) is 0. The Labute approximate surface area is 158 Å². The summed E-state index contributed by atoms with van der Waals surface area (Å²) in [7, 11) is -3.29. The smallest absolute Gasteiger partial charge is 0.744 e. The van der Waals surface area contributed by atoms with Gasteiger partial charge in [-0.15, -0.1) is 0 Å². The molecule has 3 aromatic rings. The van der Waals surface area contributed by atoms with E-state index in [1.165, 1.54) is 19.2 Å². The van der Waals surface area contributed by atoms with Crippen LogP contribution in [0.1, 0.15) is 0 Å². The third kappa shape index (κ3) is 2.67. The largest absolute Gasteiger partial charge is 1.00 e. The van der Waals surface area contributed by atoms with Gasteiger partial charge in [-0.05, 0) is 12.1 Å². The molecule has 0 saturated heterocycles. The molecule has 0 fully saturated rings. The molecule has 3 rings (SSSR count). The van der Waals surface area contributed by atoms with Crippen molar-refractivity contribution in [2.75, 3.05) is 7.11 Å². The van der Waals surface area contributed by atoms with Crippen molar-refractivity contribution in [2.45, 2.75) is 4.90 Å². The van der Waals surface area contributed by atoms with Crippen molar-refractivity contribution in [3.63, 3.8) is 0 Å². The van der Waals surface area contributed by atoms with Crippen molar-refractivity contribution in [1.29, 1.82) is 0 Å². The van der Waals surface area contributed by atoms with Crippen LogP contribution in [0.15, 0.2) is 45.7 Å². The van der Waals surface area contributed by atoms with Crippen LogP contribution in [0.5, 0.6) is 5.75 Å². The predicted octanol–water partition coefficient (Wildman–Crippen LogP) is -0.497. The second kappa shape index (κ2) is 5.76. The van der Waals surface area contributed by atoms with Crippen molar-refractivity contribution in [3.05, 3.63) is 36.4 Å². The molecule has 0 saturated carbocycles. The Morgan fingerprint density at radius 3 is 2.45 bits per heavy atom. The van der Waals surface area contributed by atoms with Crippen LogP contribution in [0.2, 0.25) is 0 Å². The van der Waals surface area contributed by atoms with Crippen molar-refractivity contribution in [3.8, 4) is 5.75 Å². The van der Waals surface area contributed by atoms with Gasteiger partial charge in [-0.2, -0.15) is 0 Å². The van der Waals surface area contributed by atoms with Crippen molar-refractivity contribution in [2.24, 2.45) is 0 Å². The standard InChI is InChI=1S/C13H10O5S.K/c1-17-12-6-9-8-4-2-3-5-10(8)18-11(9)7-13(12)19(14,15)16;/h2-7H,1H3,(H,14,15,16);/q;+1/p-1. The maximum absolute atomic E-state index is 11.2. The molecular weight excluding hydrogens is 307 g/mol. The van der Waals surface area contributed by atoms with E-state index >= 15 is 0 Å². The van der Waals surface area contributed by atoms with Gasteiger partial charge in [0, 0.05) is 16.8 Å². The zero-order valence-corrected chi connectivity index (χ0v) is 14.9. The molecule has 2 aromatic carbocycles. The van der Waals surface area contributed by atoms with Gasteiger partial charge in [-0.25, -0.2) is 8.42 Å². The molecule has 20 heavy (non-hydrogen) atoms. The summed E-state index contributed by atoms with van der Waals surface area (Å²) in [6.45, 7) is 0. The first kappa shape index (κ1) is 16.0. The van der Waals surface area contributed by atoms with E-state index < -0.39 is 15.0 Å². The van der Waals surface area contributed by atoms with Gasteiger partial charge in [0.2, 0.25) is 0 Å². The minimum atomic E-state index is -4.61. The van der Waals surface area contributed by atoms with Crippen molar-refractivity contribution in [1.82, 2.24) is 0 Å². The molecule has 7 heteroatoms. The molecule has 1 aromatic heterocycles. The zero-order chi connectivity index (χ0) is 13.6. The number of ether oxygens (including phenoxy) is 1. The van der Waals surface area contributed by atoms with Gasteiger partial charge in [0.25, 0.3) is 0 Å². The molecule has 0 aliphatic carbocycles. The zero-order valence-electron chi connectivity index (χ0n) is 10.9. The average Bonchev–Trinajstić information content (AvgIpc) is 2.73. The third-order valence-corrected chi connectivity index (χ3v) is 3.79. The molecule has 98 valence electrons. The Kier molecular flexibility index (Phi) is 4.60. The number of para-hydroxylation sites is 1. The quantitative estimate of drug-likeness (QED) is 0.470. The minimum Gasteiger partial charge on any atom is -0.744 e. The fraction of sp³-hybridized carbons (Fsp3) is 0.0769.